The van der Waals surface area contributed by atoms with E-state index in [-0.39, 0.29) is 11.8 Å². The molecule has 1 aromatic carbocycles. The highest BCUT2D eigenvalue weighted by Crippen LogP contribution is 2.19. The summed E-state index contributed by atoms with van der Waals surface area (Å²) in [5.41, 5.74) is 2.36. The first-order valence-corrected chi connectivity index (χ1v) is 8.77. The van der Waals surface area contributed by atoms with Crippen molar-refractivity contribution in [3.8, 4) is 5.75 Å². The number of aromatic nitrogens is 1. The first-order chi connectivity index (χ1) is 12.1. The number of fused-ring (bicyclic) bond motifs is 3. The van der Waals surface area contributed by atoms with Gasteiger partial charge in [0.25, 0.3) is 0 Å². The molecule has 1 unspecified atom stereocenters. The third kappa shape index (κ3) is 5.01. The lowest BCUT2D eigenvalue weighted by molar-refractivity contribution is -0.122. The van der Waals surface area contributed by atoms with Gasteiger partial charge in [0.05, 0.1) is 6.04 Å². The van der Waals surface area contributed by atoms with Crippen LogP contribution >= 0.6 is 11.6 Å². The molecule has 4 heterocycles. The third-order valence-corrected chi connectivity index (χ3v) is 4.54. The van der Waals surface area contributed by atoms with Gasteiger partial charge in [0, 0.05) is 32.4 Å². The van der Waals surface area contributed by atoms with Gasteiger partial charge in [-0.2, -0.15) is 0 Å². The minimum Gasteiger partial charge on any atom is -0.489 e. The molecular weight excluding hydrogens is 338 g/mol. The average Bonchev–Trinajstić information content (AvgIpc) is 2.64. The molecule has 132 valence electrons. The standard InChI is InChI=1S/C12H16ClN3O.C7H6O/c1-9(17)11-7-14-4-5-16(11)8-10-2-3-15-12(13)6-10;1-3-7-4-2-6(1)5-8-7/h2-3,6,11,14H,4-5,7-8H2,1H3;1-4H,5H2. The molecule has 0 amide bonds. The highest BCUT2D eigenvalue weighted by molar-refractivity contribution is 6.29. The second-order valence-corrected chi connectivity index (χ2v) is 6.61. The number of pyridine rings is 1. The van der Waals surface area contributed by atoms with Crippen LogP contribution in [0.1, 0.15) is 18.1 Å². The molecule has 1 fully saturated rings. The number of ketones is 1. The Morgan fingerprint density at radius 2 is 2.16 bits per heavy atom. The molecule has 3 aliphatic rings. The van der Waals surface area contributed by atoms with Gasteiger partial charge in [-0.05, 0) is 42.3 Å². The average molecular weight is 360 g/mol. The summed E-state index contributed by atoms with van der Waals surface area (Å²) in [6, 6.07) is 11.9. The number of hydrogen-bond acceptors (Lipinski definition) is 5. The van der Waals surface area contributed by atoms with Crippen LogP contribution in [0.25, 0.3) is 0 Å². The minimum atomic E-state index is -0.0318. The Kier molecular flexibility index (Phi) is 6.02. The fraction of sp³-hybridized carbons (Fsp3) is 0.368. The molecule has 1 aromatic heterocycles. The van der Waals surface area contributed by atoms with Crippen molar-refractivity contribution in [1.82, 2.24) is 15.2 Å². The van der Waals surface area contributed by atoms with Crippen molar-refractivity contribution in [2.75, 3.05) is 19.6 Å². The summed E-state index contributed by atoms with van der Waals surface area (Å²) in [7, 11) is 0. The molecule has 0 radical (unpaired) electrons. The second-order valence-electron chi connectivity index (χ2n) is 6.22. The Labute approximate surface area is 153 Å². The zero-order valence-electron chi connectivity index (χ0n) is 14.2. The maximum absolute atomic E-state index is 11.5. The molecule has 5 rings (SSSR count). The topological polar surface area (TPSA) is 54.5 Å². The summed E-state index contributed by atoms with van der Waals surface area (Å²) in [6.45, 7) is 5.68. The monoisotopic (exact) mass is 359 g/mol. The molecule has 3 aliphatic heterocycles. The number of ether oxygens (including phenoxy) is 1. The number of benzene rings is 1. The van der Waals surface area contributed by atoms with E-state index >= 15 is 0 Å². The number of piperazine rings is 1. The zero-order valence-corrected chi connectivity index (χ0v) is 15.0. The van der Waals surface area contributed by atoms with Gasteiger partial charge < -0.3 is 10.1 Å². The van der Waals surface area contributed by atoms with Crippen molar-refractivity contribution in [2.45, 2.75) is 26.1 Å². The van der Waals surface area contributed by atoms with E-state index in [1.807, 2.05) is 24.3 Å². The Bertz CT molecular complexity index is 698. The Balaban J connectivity index is 0.000000188. The Morgan fingerprint density at radius 1 is 1.36 bits per heavy atom. The minimum absolute atomic E-state index is 0.0318. The van der Waals surface area contributed by atoms with Crippen molar-refractivity contribution >= 4 is 17.4 Å². The smallest absolute Gasteiger partial charge is 0.148 e. The van der Waals surface area contributed by atoms with E-state index in [2.05, 4.69) is 27.3 Å². The summed E-state index contributed by atoms with van der Waals surface area (Å²) >= 11 is 5.85. The van der Waals surface area contributed by atoms with Crippen molar-refractivity contribution in [2.24, 2.45) is 0 Å². The molecule has 1 N–H and O–H groups in total. The number of nitrogens with one attached hydrogen (secondary N) is 1. The van der Waals surface area contributed by atoms with E-state index in [1.54, 1.807) is 13.1 Å². The maximum Gasteiger partial charge on any atom is 0.148 e. The van der Waals surface area contributed by atoms with E-state index in [1.165, 1.54) is 5.56 Å². The fourth-order valence-corrected chi connectivity index (χ4v) is 3.16. The quantitative estimate of drug-likeness (QED) is 0.854. The van der Waals surface area contributed by atoms with Crippen molar-refractivity contribution in [3.63, 3.8) is 0 Å². The fourth-order valence-electron chi connectivity index (χ4n) is 2.96. The third-order valence-electron chi connectivity index (χ3n) is 4.33. The van der Waals surface area contributed by atoms with Gasteiger partial charge >= 0.3 is 0 Å². The summed E-state index contributed by atoms with van der Waals surface area (Å²) < 4.78 is 5.18. The van der Waals surface area contributed by atoms with Crippen LogP contribution in [0.4, 0.5) is 0 Å². The summed E-state index contributed by atoms with van der Waals surface area (Å²) in [5, 5.41) is 3.74. The van der Waals surface area contributed by atoms with Gasteiger partial charge in [-0.3, -0.25) is 9.69 Å². The van der Waals surface area contributed by atoms with E-state index in [9.17, 15) is 4.79 Å². The van der Waals surface area contributed by atoms with E-state index in [0.717, 1.165) is 44.1 Å². The predicted molar refractivity (Wildman–Crippen MR) is 97.8 cm³/mol. The van der Waals surface area contributed by atoms with Crippen LogP contribution in [-0.2, 0) is 17.9 Å². The van der Waals surface area contributed by atoms with Crippen LogP contribution in [0.15, 0.2) is 42.6 Å². The van der Waals surface area contributed by atoms with Gasteiger partial charge in [0.2, 0.25) is 0 Å². The molecule has 0 saturated carbocycles. The number of carbonyl (C=O) groups is 1. The second kappa shape index (κ2) is 8.43. The van der Waals surface area contributed by atoms with Crippen LogP contribution in [0.3, 0.4) is 0 Å². The molecule has 1 saturated heterocycles. The van der Waals surface area contributed by atoms with Gasteiger partial charge in [-0.1, -0.05) is 23.7 Å². The van der Waals surface area contributed by atoms with Gasteiger partial charge in [-0.15, -0.1) is 0 Å². The van der Waals surface area contributed by atoms with E-state index < -0.39 is 0 Å². The highest BCUT2D eigenvalue weighted by Gasteiger charge is 2.25. The molecule has 25 heavy (non-hydrogen) atoms. The molecule has 2 bridgehead atoms. The van der Waals surface area contributed by atoms with Crippen LogP contribution in [0.5, 0.6) is 5.75 Å². The lowest BCUT2D eigenvalue weighted by atomic mass is 10.1. The SMILES string of the molecule is CC(=O)C1CNCCN1Cc1ccnc(Cl)c1.c1cc2ccc1CO2. The number of Topliss-reactive ketones (excluding diaryl/α,β-unsaturated/α-hetero) is 1. The Hall–Kier alpha value is -1.95. The van der Waals surface area contributed by atoms with E-state index in [4.69, 9.17) is 16.3 Å². The molecule has 5 nitrogen and oxygen atoms in total. The van der Waals surface area contributed by atoms with Crippen molar-refractivity contribution < 1.29 is 9.53 Å². The predicted octanol–water partition coefficient (Wildman–Crippen LogP) is 2.68. The van der Waals surface area contributed by atoms with Crippen LogP contribution in [0, 0.1) is 0 Å². The number of hydrogen-bond donors (Lipinski definition) is 1. The normalized spacial score (nSPS) is 18.9. The van der Waals surface area contributed by atoms with E-state index in [0.29, 0.717) is 5.15 Å². The maximum atomic E-state index is 11.5. The molecule has 2 aromatic rings. The van der Waals surface area contributed by atoms with Crippen molar-refractivity contribution in [3.05, 3.63) is 58.9 Å². The number of carbonyl (C=O) groups excluding carboxylic acids is 1. The summed E-state index contributed by atoms with van der Waals surface area (Å²) in [5.74, 6) is 1.19. The van der Waals surface area contributed by atoms with Gasteiger partial charge in [0.1, 0.15) is 23.3 Å². The molecule has 6 heteroatoms. The first-order valence-electron chi connectivity index (χ1n) is 8.39. The zero-order chi connectivity index (χ0) is 17.6. The molecule has 0 aliphatic carbocycles. The lowest BCUT2D eigenvalue weighted by Crippen LogP contribution is -2.53. The summed E-state index contributed by atoms with van der Waals surface area (Å²) in [6.07, 6.45) is 1.70. The first kappa shape index (κ1) is 17.9. The molecule has 0 spiro atoms. The number of rotatable bonds is 3. The van der Waals surface area contributed by atoms with Crippen LogP contribution < -0.4 is 10.1 Å². The van der Waals surface area contributed by atoms with Crippen LogP contribution in [0.2, 0.25) is 5.15 Å². The molecule has 1 atom stereocenters. The van der Waals surface area contributed by atoms with Gasteiger partial charge in [0.15, 0.2) is 0 Å². The van der Waals surface area contributed by atoms with Gasteiger partial charge in [-0.25, -0.2) is 4.98 Å². The summed E-state index contributed by atoms with van der Waals surface area (Å²) in [4.78, 5) is 17.7. The Morgan fingerprint density at radius 3 is 2.68 bits per heavy atom. The van der Waals surface area contributed by atoms with Crippen molar-refractivity contribution in [1.29, 1.82) is 0 Å². The molecular formula is C19H22ClN3O2. The lowest BCUT2D eigenvalue weighted by Gasteiger charge is -2.34. The van der Waals surface area contributed by atoms with Crippen LogP contribution in [-0.4, -0.2) is 41.3 Å². The largest absolute Gasteiger partial charge is 0.489 e. The number of nitrogens with zero attached hydrogens (tertiary/aromatic N) is 2. The number of halogens is 1. The highest BCUT2D eigenvalue weighted by atomic mass is 35.5.